The summed E-state index contributed by atoms with van der Waals surface area (Å²) in [7, 11) is 0. The number of aromatic nitrogens is 3. The third-order valence-corrected chi connectivity index (χ3v) is 3.07. The normalized spacial score (nSPS) is 19.4. The molecule has 94 valence electrons. The molecule has 6 heteroatoms. The number of hydrogen-bond donors (Lipinski definition) is 1. The number of rotatable bonds is 2. The molecule has 0 aliphatic carbocycles. The maximum Gasteiger partial charge on any atom is 0.259 e. The van der Waals surface area contributed by atoms with Crippen LogP contribution in [0.25, 0.3) is 11.5 Å². The molecule has 6 nitrogen and oxygen atoms in total. The molecule has 1 saturated heterocycles. The van der Waals surface area contributed by atoms with Crippen LogP contribution in [0.2, 0.25) is 0 Å². The molecule has 0 unspecified atom stereocenters. The van der Waals surface area contributed by atoms with E-state index in [0.717, 1.165) is 30.9 Å². The van der Waals surface area contributed by atoms with Gasteiger partial charge >= 0.3 is 0 Å². The summed E-state index contributed by atoms with van der Waals surface area (Å²) in [6, 6.07) is 4.16. The van der Waals surface area contributed by atoms with Crippen molar-refractivity contribution in [2.24, 2.45) is 5.73 Å². The van der Waals surface area contributed by atoms with Gasteiger partial charge in [0.1, 0.15) is 5.82 Å². The standard InChI is InChI=1S/C12H15N5O/c1-8-15-12(18-16-8)9-2-3-11(14-6-9)17-5-4-10(13)7-17/h2-3,6,10H,4-5,7,13H2,1H3/t10-/m1/s1. The molecule has 0 aromatic carbocycles. The Morgan fingerprint density at radius 3 is 2.89 bits per heavy atom. The Labute approximate surface area is 105 Å². The molecular weight excluding hydrogens is 230 g/mol. The molecule has 0 bridgehead atoms. The van der Waals surface area contributed by atoms with Gasteiger partial charge in [-0.25, -0.2) is 4.98 Å². The van der Waals surface area contributed by atoms with Crippen LogP contribution < -0.4 is 10.6 Å². The summed E-state index contributed by atoms with van der Waals surface area (Å²) in [4.78, 5) is 10.8. The van der Waals surface area contributed by atoms with Crippen molar-refractivity contribution in [1.82, 2.24) is 15.1 Å². The van der Waals surface area contributed by atoms with Crippen LogP contribution in [0.5, 0.6) is 0 Å². The lowest BCUT2D eigenvalue weighted by molar-refractivity contribution is 0.425. The second-order valence-corrected chi connectivity index (χ2v) is 4.55. The Bertz CT molecular complexity index is 536. The quantitative estimate of drug-likeness (QED) is 0.849. The topological polar surface area (TPSA) is 81.1 Å². The van der Waals surface area contributed by atoms with E-state index in [2.05, 4.69) is 20.0 Å². The molecule has 2 N–H and O–H groups in total. The van der Waals surface area contributed by atoms with Crippen LogP contribution in [0.1, 0.15) is 12.2 Å². The minimum absolute atomic E-state index is 0.255. The molecule has 1 atom stereocenters. The van der Waals surface area contributed by atoms with Gasteiger partial charge in [-0.1, -0.05) is 5.16 Å². The predicted octanol–water partition coefficient (Wildman–Crippen LogP) is 0.977. The van der Waals surface area contributed by atoms with E-state index in [1.807, 2.05) is 12.1 Å². The van der Waals surface area contributed by atoms with Crippen LogP contribution in [-0.4, -0.2) is 34.3 Å². The van der Waals surface area contributed by atoms with Crippen molar-refractivity contribution in [2.45, 2.75) is 19.4 Å². The van der Waals surface area contributed by atoms with Crippen molar-refractivity contribution in [2.75, 3.05) is 18.0 Å². The van der Waals surface area contributed by atoms with Gasteiger partial charge in [0.2, 0.25) is 0 Å². The van der Waals surface area contributed by atoms with Gasteiger partial charge in [0, 0.05) is 25.3 Å². The van der Waals surface area contributed by atoms with Crippen molar-refractivity contribution < 1.29 is 4.52 Å². The molecule has 1 aliphatic rings. The highest BCUT2D eigenvalue weighted by molar-refractivity contribution is 5.54. The zero-order valence-electron chi connectivity index (χ0n) is 10.2. The lowest BCUT2D eigenvalue weighted by Crippen LogP contribution is -2.26. The van der Waals surface area contributed by atoms with E-state index in [1.54, 1.807) is 13.1 Å². The van der Waals surface area contributed by atoms with Gasteiger partial charge < -0.3 is 15.2 Å². The van der Waals surface area contributed by atoms with Crippen molar-refractivity contribution in [3.63, 3.8) is 0 Å². The monoisotopic (exact) mass is 245 g/mol. The Morgan fingerprint density at radius 2 is 2.33 bits per heavy atom. The van der Waals surface area contributed by atoms with Gasteiger partial charge in [-0.15, -0.1) is 0 Å². The second kappa shape index (κ2) is 4.38. The van der Waals surface area contributed by atoms with E-state index in [4.69, 9.17) is 10.3 Å². The van der Waals surface area contributed by atoms with Crippen molar-refractivity contribution in [1.29, 1.82) is 0 Å². The number of aryl methyl sites for hydroxylation is 1. The number of nitrogens with two attached hydrogens (primary N) is 1. The van der Waals surface area contributed by atoms with E-state index < -0.39 is 0 Å². The first-order valence-corrected chi connectivity index (χ1v) is 5.99. The summed E-state index contributed by atoms with van der Waals surface area (Å²) in [5.41, 5.74) is 6.72. The largest absolute Gasteiger partial charge is 0.355 e. The van der Waals surface area contributed by atoms with E-state index in [1.165, 1.54) is 0 Å². The van der Waals surface area contributed by atoms with Crippen LogP contribution in [0, 0.1) is 6.92 Å². The number of hydrogen-bond acceptors (Lipinski definition) is 6. The maximum atomic E-state index is 5.88. The van der Waals surface area contributed by atoms with Gasteiger partial charge in [0.15, 0.2) is 5.82 Å². The first-order valence-electron chi connectivity index (χ1n) is 5.99. The van der Waals surface area contributed by atoms with E-state index in [0.29, 0.717) is 11.7 Å². The summed E-state index contributed by atoms with van der Waals surface area (Å²) >= 11 is 0. The number of anilines is 1. The summed E-state index contributed by atoms with van der Waals surface area (Å²) < 4.78 is 5.10. The summed E-state index contributed by atoms with van der Waals surface area (Å²) in [6.45, 7) is 3.62. The molecular formula is C12H15N5O. The maximum absolute atomic E-state index is 5.88. The summed E-state index contributed by atoms with van der Waals surface area (Å²) in [6.07, 6.45) is 2.78. The average molecular weight is 245 g/mol. The molecule has 2 aromatic rings. The van der Waals surface area contributed by atoms with Crippen LogP contribution in [0.15, 0.2) is 22.9 Å². The SMILES string of the molecule is Cc1noc(-c2ccc(N3CC[C@@H](N)C3)nc2)n1. The Hall–Kier alpha value is -1.95. The third kappa shape index (κ3) is 2.06. The fraction of sp³-hybridized carbons (Fsp3) is 0.417. The highest BCUT2D eigenvalue weighted by atomic mass is 16.5. The zero-order chi connectivity index (χ0) is 12.5. The Morgan fingerprint density at radius 1 is 1.44 bits per heavy atom. The number of nitrogens with zero attached hydrogens (tertiary/aromatic N) is 4. The molecule has 0 amide bonds. The molecule has 1 aliphatic heterocycles. The molecule has 3 rings (SSSR count). The molecule has 2 aromatic heterocycles. The fourth-order valence-electron chi connectivity index (χ4n) is 2.11. The first-order chi connectivity index (χ1) is 8.72. The predicted molar refractivity (Wildman–Crippen MR) is 67.1 cm³/mol. The minimum Gasteiger partial charge on any atom is -0.355 e. The van der Waals surface area contributed by atoms with Crippen LogP contribution in [0.3, 0.4) is 0 Å². The van der Waals surface area contributed by atoms with Gasteiger partial charge in [-0.3, -0.25) is 0 Å². The van der Waals surface area contributed by atoms with Crippen molar-refractivity contribution in [3.8, 4) is 11.5 Å². The van der Waals surface area contributed by atoms with E-state index >= 15 is 0 Å². The van der Waals surface area contributed by atoms with Gasteiger partial charge in [0.25, 0.3) is 5.89 Å². The van der Waals surface area contributed by atoms with Gasteiger partial charge in [0.05, 0.1) is 5.56 Å². The van der Waals surface area contributed by atoms with E-state index in [-0.39, 0.29) is 6.04 Å². The lowest BCUT2D eigenvalue weighted by atomic mass is 10.3. The highest BCUT2D eigenvalue weighted by Crippen LogP contribution is 2.21. The Balaban J connectivity index is 1.81. The zero-order valence-corrected chi connectivity index (χ0v) is 10.2. The molecule has 0 saturated carbocycles. The highest BCUT2D eigenvalue weighted by Gasteiger charge is 2.20. The Kier molecular flexibility index (Phi) is 2.71. The summed E-state index contributed by atoms with van der Waals surface area (Å²) in [5, 5.41) is 3.76. The van der Waals surface area contributed by atoms with Gasteiger partial charge in [-0.05, 0) is 25.5 Å². The van der Waals surface area contributed by atoms with Crippen molar-refractivity contribution >= 4 is 5.82 Å². The third-order valence-electron chi connectivity index (χ3n) is 3.07. The van der Waals surface area contributed by atoms with Crippen LogP contribution in [0.4, 0.5) is 5.82 Å². The molecule has 0 spiro atoms. The smallest absolute Gasteiger partial charge is 0.259 e. The first kappa shape index (κ1) is 11.2. The number of pyridine rings is 1. The van der Waals surface area contributed by atoms with Crippen molar-refractivity contribution in [3.05, 3.63) is 24.2 Å². The second-order valence-electron chi connectivity index (χ2n) is 4.55. The summed E-state index contributed by atoms with van der Waals surface area (Å²) in [5.74, 6) is 2.08. The minimum atomic E-state index is 0.255. The molecule has 0 radical (unpaired) electrons. The lowest BCUT2D eigenvalue weighted by Gasteiger charge is -2.16. The molecule has 1 fully saturated rings. The molecule has 3 heterocycles. The molecule has 18 heavy (non-hydrogen) atoms. The van der Waals surface area contributed by atoms with Crippen LogP contribution in [-0.2, 0) is 0 Å². The fourth-order valence-corrected chi connectivity index (χ4v) is 2.11. The van der Waals surface area contributed by atoms with E-state index in [9.17, 15) is 0 Å². The van der Waals surface area contributed by atoms with Crippen LogP contribution >= 0.6 is 0 Å². The van der Waals surface area contributed by atoms with Gasteiger partial charge in [-0.2, -0.15) is 4.98 Å². The average Bonchev–Trinajstić information content (AvgIpc) is 2.98.